The normalized spacial score (nSPS) is 13.8. The van der Waals surface area contributed by atoms with Crippen molar-refractivity contribution in [3.05, 3.63) is 40.7 Å². The van der Waals surface area contributed by atoms with Gasteiger partial charge in [0, 0.05) is 10.9 Å². The van der Waals surface area contributed by atoms with E-state index in [1.165, 1.54) is 18.3 Å². The van der Waals surface area contributed by atoms with Crippen molar-refractivity contribution in [2.75, 3.05) is 0 Å². The number of aliphatic hydroxyl groups is 1. The minimum atomic E-state index is -1.00. The van der Waals surface area contributed by atoms with Crippen LogP contribution >= 0.6 is 11.3 Å². The molecule has 1 aromatic heterocycles. The molecule has 0 saturated heterocycles. The third-order valence-electron chi connectivity index (χ3n) is 2.70. The highest BCUT2D eigenvalue weighted by Crippen LogP contribution is 2.25. The summed E-state index contributed by atoms with van der Waals surface area (Å²) in [6.07, 6.45) is -1.00. The van der Waals surface area contributed by atoms with Gasteiger partial charge in [0.15, 0.2) is 0 Å². The number of carbonyl (C=O) groups is 1. The van der Waals surface area contributed by atoms with Crippen LogP contribution < -0.4 is 5.32 Å². The van der Waals surface area contributed by atoms with E-state index in [2.05, 4.69) is 10.3 Å². The fourth-order valence-electron chi connectivity index (χ4n) is 1.62. The van der Waals surface area contributed by atoms with Gasteiger partial charge in [-0.2, -0.15) is 0 Å². The molecule has 2 N–H and O–H groups in total. The van der Waals surface area contributed by atoms with Crippen molar-refractivity contribution in [2.24, 2.45) is 0 Å². The molecule has 0 spiro atoms. The van der Waals surface area contributed by atoms with Crippen LogP contribution in [0.1, 0.15) is 24.9 Å². The number of rotatable bonds is 4. The molecule has 0 radical (unpaired) electrons. The number of aliphatic hydroxyl groups excluding tert-OH is 1. The quantitative estimate of drug-likeness (QED) is 0.901. The lowest BCUT2D eigenvalue weighted by molar-refractivity contribution is -0.129. The van der Waals surface area contributed by atoms with Gasteiger partial charge in [-0.3, -0.25) is 4.79 Å². The fraction of sp³-hybridized carbons (Fsp3) is 0.286. The number of hydrogen-bond acceptors (Lipinski definition) is 4. The van der Waals surface area contributed by atoms with Crippen molar-refractivity contribution < 1.29 is 9.90 Å². The van der Waals surface area contributed by atoms with Gasteiger partial charge in [0.05, 0.1) is 11.7 Å². The van der Waals surface area contributed by atoms with E-state index in [1.54, 1.807) is 0 Å². The van der Waals surface area contributed by atoms with Gasteiger partial charge in [0.25, 0.3) is 0 Å². The van der Waals surface area contributed by atoms with Crippen LogP contribution in [0.5, 0.6) is 0 Å². The number of carbonyl (C=O) groups excluding carboxylic acids is 1. The average Bonchev–Trinajstić information content (AvgIpc) is 2.89. The minimum Gasteiger partial charge on any atom is -0.384 e. The van der Waals surface area contributed by atoms with Crippen molar-refractivity contribution in [1.82, 2.24) is 10.3 Å². The van der Waals surface area contributed by atoms with Crippen molar-refractivity contribution in [3.63, 3.8) is 0 Å². The molecule has 1 aromatic carbocycles. The maximum absolute atomic E-state index is 11.4. The second-order valence-corrected chi connectivity index (χ2v) is 5.23. The Hall–Kier alpha value is -1.72. The zero-order valence-electron chi connectivity index (χ0n) is 10.8. The number of thiazole rings is 1. The zero-order valence-corrected chi connectivity index (χ0v) is 11.6. The van der Waals surface area contributed by atoms with Crippen LogP contribution in [0, 0.1) is 0 Å². The van der Waals surface area contributed by atoms with Crippen LogP contribution in [0.15, 0.2) is 35.7 Å². The fourth-order valence-corrected chi connectivity index (χ4v) is 2.46. The van der Waals surface area contributed by atoms with Crippen LogP contribution in [0.25, 0.3) is 11.3 Å². The maximum atomic E-state index is 11.4. The van der Waals surface area contributed by atoms with E-state index in [0.717, 1.165) is 16.3 Å². The Kier molecular flexibility index (Phi) is 4.29. The number of benzene rings is 1. The Labute approximate surface area is 116 Å². The predicted molar refractivity (Wildman–Crippen MR) is 75.8 cm³/mol. The molecular formula is C14H16N2O2S. The Bertz CT molecular complexity index is 552. The van der Waals surface area contributed by atoms with E-state index in [9.17, 15) is 9.90 Å². The molecule has 2 unspecified atom stereocenters. The van der Waals surface area contributed by atoms with Gasteiger partial charge in [-0.05, 0) is 13.8 Å². The van der Waals surface area contributed by atoms with E-state index in [-0.39, 0.29) is 11.9 Å². The monoisotopic (exact) mass is 276 g/mol. The first-order valence-corrected chi connectivity index (χ1v) is 6.95. The first-order valence-electron chi connectivity index (χ1n) is 6.07. The van der Waals surface area contributed by atoms with E-state index < -0.39 is 6.10 Å². The van der Waals surface area contributed by atoms with E-state index in [4.69, 9.17) is 0 Å². The smallest absolute Gasteiger partial charge is 0.249 e. The van der Waals surface area contributed by atoms with Gasteiger partial charge in [0.2, 0.25) is 5.91 Å². The van der Waals surface area contributed by atoms with E-state index in [0.29, 0.717) is 0 Å². The molecule has 1 amide bonds. The highest BCUT2D eigenvalue weighted by Gasteiger charge is 2.16. The second-order valence-electron chi connectivity index (χ2n) is 4.34. The van der Waals surface area contributed by atoms with E-state index in [1.807, 2.05) is 42.6 Å². The Balaban J connectivity index is 2.11. The van der Waals surface area contributed by atoms with Gasteiger partial charge in [-0.25, -0.2) is 4.98 Å². The van der Waals surface area contributed by atoms with Gasteiger partial charge < -0.3 is 10.4 Å². The summed E-state index contributed by atoms with van der Waals surface area (Å²) in [4.78, 5) is 15.9. The van der Waals surface area contributed by atoms with Gasteiger partial charge >= 0.3 is 0 Å². The standard InChI is InChI=1S/C14H16N2O2S/c1-9(15-13(18)10(2)17)14-16-12(8-19-14)11-6-4-3-5-7-11/h3-10,17H,1-2H3,(H,15,18). The Morgan fingerprint density at radius 2 is 2.00 bits per heavy atom. The molecule has 0 saturated carbocycles. The average molecular weight is 276 g/mol. The Morgan fingerprint density at radius 1 is 1.32 bits per heavy atom. The molecule has 0 aliphatic carbocycles. The number of aromatic nitrogens is 1. The third-order valence-corrected chi connectivity index (χ3v) is 3.73. The summed E-state index contributed by atoms with van der Waals surface area (Å²) in [5, 5.41) is 14.7. The van der Waals surface area contributed by atoms with Crippen LogP contribution in [0.3, 0.4) is 0 Å². The maximum Gasteiger partial charge on any atom is 0.249 e. The molecule has 19 heavy (non-hydrogen) atoms. The zero-order chi connectivity index (χ0) is 13.8. The highest BCUT2D eigenvalue weighted by molar-refractivity contribution is 7.10. The molecule has 5 heteroatoms. The summed E-state index contributed by atoms with van der Waals surface area (Å²) in [7, 11) is 0. The molecule has 2 atom stereocenters. The molecule has 2 aromatic rings. The topological polar surface area (TPSA) is 62.2 Å². The van der Waals surface area contributed by atoms with Gasteiger partial charge in [0.1, 0.15) is 11.1 Å². The summed E-state index contributed by atoms with van der Waals surface area (Å²) < 4.78 is 0. The highest BCUT2D eigenvalue weighted by atomic mass is 32.1. The summed E-state index contributed by atoms with van der Waals surface area (Å²) in [6.45, 7) is 3.30. The van der Waals surface area contributed by atoms with Crippen molar-refractivity contribution in [2.45, 2.75) is 26.0 Å². The first kappa shape index (κ1) is 13.7. The molecular weight excluding hydrogens is 260 g/mol. The second kappa shape index (κ2) is 5.95. The largest absolute Gasteiger partial charge is 0.384 e. The number of nitrogens with one attached hydrogen (secondary N) is 1. The number of amides is 1. The number of nitrogens with zero attached hydrogens (tertiary/aromatic N) is 1. The van der Waals surface area contributed by atoms with Crippen LogP contribution in [-0.2, 0) is 4.79 Å². The molecule has 4 nitrogen and oxygen atoms in total. The molecule has 0 bridgehead atoms. The lowest BCUT2D eigenvalue weighted by atomic mass is 10.2. The predicted octanol–water partition coefficient (Wildman–Crippen LogP) is 2.37. The third kappa shape index (κ3) is 3.39. The molecule has 2 rings (SSSR count). The van der Waals surface area contributed by atoms with Crippen molar-refractivity contribution >= 4 is 17.2 Å². The van der Waals surface area contributed by atoms with E-state index >= 15 is 0 Å². The molecule has 0 aliphatic heterocycles. The van der Waals surface area contributed by atoms with Crippen LogP contribution in [0.2, 0.25) is 0 Å². The van der Waals surface area contributed by atoms with Gasteiger partial charge in [-0.1, -0.05) is 30.3 Å². The molecule has 100 valence electrons. The van der Waals surface area contributed by atoms with Crippen LogP contribution in [0.4, 0.5) is 0 Å². The van der Waals surface area contributed by atoms with Gasteiger partial charge in [-0.15, -0.1) is 11.3 Å². The lowest BCUT2D eigenvalue weighted by Crippen LogP contribution is -2.34. The van der Waals surface area contributed by atoms with Crippen molar-refractivity contribution in [1.29, 1.82) is 0 Å². The molecule has 0 aliphatic rings. The lowest BCUT2D eigenvalue weighted by Gasteiger charge is -2.12. The molecule has 1 heterocycles. The summed E-state index contributed by atoms with van der Waals surface area (Å²) in [5.74, 6) is -0.385. The molecule has 0 fully saturated rings. The SMILES string of the molecule is CC(O)C(=O)NC(C)c1nc(-c2ccccc2)cs1. The Morgan fingerprint density at radius 3 is 2.63 bits per heavy atom. The summed E-state index contributed by atoms with van der Waals surface area (Å²) >= 11 is 1.50. The summed E-state index contributed by atoms with van der Waals surface area (Å²) in [5.41, 5.74) is 1.96. The number of hydrogen-bond donors (Lipinski definition) is 2. The van der Waals surface area contributed by atoms with Crippen LogP contribution in [-0.4, -0.2) is 22.1 Å². The van der Waals surface area contributed by atoms with Crippen molar-refractivity contribution in [3.8, 4) is 11.3 Å². The minimum absolute atomic E-state index is 0.204. The summed E-state index contributed by atoms with van der Waals surface area (Å²) in [6, 6.07) is 9.68. The first-order chi connectivity index (χ1) is 9.08.